The van der Waals surface area contributed by atoms with Crippen LogP contribution in [0.3, 0.4) is 0 Å². The molecule has 0 atom stereocenters. The normalized spacial score (nSPS) is 10.9. The molecule has 0 fully saturated rings. The van der Waals surface area contributed by atoms with Crippen LogP contribution in [0.1, 0.15) is 110 Å². The SMILES string of the molecule is CCCCCCCCCCOc1ccc(-c2ccc(OC(=O)CCCCCCCC)cc2)cc1. The Hall–Kier alpha value is -2.29. The van der Waals surface area contributed by atoms with Crippen LogP contribution in [0.25, 0.3) is 11.1 Å². The third-order valence-corrected chi connectivity index (χ3v) is 6.27. The summed E-state index contributed by atoms with van der Waals surface area (Å²) in [5.41, 5.74) is 2.23. The van der Waals surface area contributed by atoms with Crippen molar-refractivity contribution in [1.82, 2.24) is 0 Å². The molecule has 34 heavy (non-hydrogen) atoms. The van der Waals surface area contributed by atoms with Gasteiger partial charge in [-0.2, -0.15) is 0 Å². The molecule has 0 radical (unpaired) electrons. The van der Waals surface area contributed by atoms with Crippen LogP contribution in [0.5, 0.6) is 11.5 Å². The van der Waals surface area contributed by atoms with Crippen molar-refractivity contribution < 1.29 is 14.3 Å². The predicted octanol–water partition coefficient (Wildman–Crippen LogP) is 9.53. The van der Waals surface area contributed by atoms with Gasteiger partial charge < -0.3 is 9.47 Å². The molecule has 0 aliphatic carbocycles. The molecule has 0 N–H and O–H groups in total. The van der Waals surface area contributed by atoms with Crippen molar-refractivity contribution in [3.63, 3.8) is 0 Å². The van der Waals surface area contributed by atoms with E-state index in [1.807, 2.05) is 36.4 Å². The summed E-state index contributed by atoms with van der Waals surface area (Å²) < 4.78 is 11.4. The molecule has 188 valence electrons. The van der Waals surface area contributed by atoms with Gasteiger partial charge in [-0.25, -0.2) is 0 Å². The van der Waals surface area contributed by atoms with Crippen molar-refractivity contribution in [1.29, 1.82) is 0 Å². The molecular weight excluding hydrogens is 420 g/mol. The van der Waals surface area contributed by atoms with Crippen LogP contribution < -0.4 is 9.47 Å². The first-order valence-corrected chi connectivity index (χ1v) is 13.8. The van der Waals surface area contributed by atoms with Crippen LogP contribution in [0, 0.1) is 0 Å². The van der Waals surface area contributed by atoms with E-state index in [4.69, 9.17) is 9.47 Å². The fourth-order valence-corrected chi connectivity index (χ4v) is 4.12. The lowest BCUT2D eigenvalue weighted by Crippen LogP contribution is -2.07. The van der Waals surface area contributed by atoms with E-state index in [1.54, 1.807) is 0 Å². The van der Waals surface area contributed by atoms with Crippen molar-refractivity contribution in [2.75, 3.05) is 6.61 Å². The molecule has 0 aliphatic heterocycles. The molecule has 2 rings (SSSR count). The summed E-state index contributed by atoms with van der Waals surface area (Å²) in [7, 11) is 0. The zero-order chi connectivity index (χ0) is 24.3. The lowest BCUT2D eigenvalue weighted by molar-refractivity contribution is -0.134. The van der Waals surface area contributed by atoms with Gasteiger partial charge in [0, 0.05) is 6.42 Å². The van der Waals surface area contributed by atoms with Gasteiger partial charge in [-0.15, -0.1) is 0 Å². The Labute approximate surface area is 208 Å². The monoisotopic (exact) mass is 466 g/mol. The zero-order valence-corrected chi connectivity index (χ0v) is 21.7. The number of ether oxygens (including phenoxy) is 2. The molecule has 2 aromatic rings. The van der Waals surface area contributed by atoms with E-state index >= 15 is 0 Å². The van der Waals surface area contributed by atoms with Crippen LogP contribution in [0.15, 0.2) is 48.5 Å². The highest BCUT2D eigenvalue weighted by atomic mass is 16.5. The van der Waals surface area contributed by atoms with E-state index in [0.717, 1.165) is 42.7 Å². The number of hydrogen-bond donors (Lipinski definition) is 0. The highest BCUT2D eigenvalue weighted by molar-refractivity contribution is 5.73. The average molecular weight is 467 g/mol. The van der Waals surface area contributed by atoms with E-state index in [2.05, 4.69) is 26.0 Å². The van der Waals surface area contributed by atoms with Gasteiger partial charge in [-0.3, -0.25) is 4.79 Å². The van der Waals surface area contributed by atoms with Gasteiger partial charge in [0.2, 0.25) is 0 Å². The molecule has 0 heterocycles. The second-order valence-electron chi connectivity index (χ2n) is 9.36. The highest BCUT2D eigenvalue weighted by Gasteiger charge is 2.06. The van der Waals surface area contributed by atoms with E-state index in [1.165, 1.54) is 70.6 Å². The third kappa shape index (κ3) is 12.3. The first-order chi connectivity index (χ1) is 16.7. The Bertz CT molecular complexity index is 764. The first kappa shape index (κ1) is 28.0. The smallest absolute Gasteiger partial charge is 0.311 e. The van der Waals surface area contributed by atoms with Crippen molar-refractivity contribution in [2.24, 2.45) is 0 Å². The zero-order valence-electron chi connectivity index (χ0n) is 21.7. The average Bonchev–Trinajstić information content (AvgIpc) is 2.86. The highest BCUT2D eigenvalue weighted by Crippen LogP contribution is 2.25. The number of unbranched alkanes of at least 4 members (excludes halogenated alkanes) is 12. The summed E-state index contributed by atoms with van der Waals surface area (Å²) in [5, 5.41) is 0. The molecule has 0 saturated carbocycles. The topological polar surface area (TPSA) is 35.5 Å². The van der Waals surface area contributed by atoms with Gasteiger partial charge in [-0.05, 0) is 48.2 Å². The summed E-state index contributed by atoms with van der Waals surface area (Å²) in [6.45, 7) is 5.26. The Kier molecular flexibility index (Phi) is 14.9. The van der Waals surface area contributed by atoms with Crippen LogP contribution in [-0.4, -0.2) is 12.6 Å². The maximum atomic E-state index is 12.1. The molecule has 3 heteroatoms. The maximum absolute atomic E-state index is 12.1. The van der Waals surface area contributed by atoms with Crippen molar-refractivity contribution in [3.05, 3.63) is 48.5 Å². The number of carbonyl (C=O) groups excluding carboxylic acids is 1. The van der Waals surface area contributed by atoms with Gasteiger partial charge in [0.15, 0.2) is 0 Å². The number of benzene rings is 2. The molecule has 0 aliphatic rings. The van der Waals surface area contributed by atoms with E-state index in [-0.39, 0.29) is 5.97 Å². The first-order valence-electron chi connectivity index (χ1n) is 13.8. The second kappa shape index (κ2) is 18.1. The summed E-state index contributed by atoms with van der Waals surface area (Å²) in [4.78, 5) is 12.1. The predicted molar refractivity (Wildman–Crippen MR) is 144 cm³/mol. The molecule has 0 spiro atoms. The number of hydrogen-bond acceptors (Lipinski definition) is 3. The molecule has 2 aromatic carbocycles. The summed E-state index contributed by atoms with van der Waals surface area (Å²) in [6, 6.07) is 16.0. The Morgan fingerprint density at radius 2 is 1.00 bits per heavy atom. The molecular formula is C31H46O3. The van der Waals surface area contributed by atoms with Gasteiger partial charge >= 0.3 is 5.97 Å². The lowest BCUT2D eigenvalue weighted by Gasteiger charge is -2.09. The van der Waals surface area contributed by atoms with Crippen molar-refractivity contribution in [3.8, 4) is 22.6 Å². The Balaban J connectivity index is 1.64. The van der Waals surface area contributed by atoms with Gasteiger partial charge in [0.1, 0.15) is 11.5 Å². The third-order valence-electron chi connectivity index (χ3n) is 6.27. The van der Waals surface area contributed by atoms with Crippen LogP contribution in [0.2, 0.25) is 0 Å². The number of rotatable bonds is 19. The number of esters is 1. The quantitative estimate of drug-likeness (QED) is 0.117. The van der Waals surface area contributed by atoms with Crippen molar-refractivity contribution >= 4 is 5.97 Å². The minimum Gasteiger partial charge on any atom is -0.494 e. The van der Waals surface area contributed by atoms with Gasteiger partial charge in [-0.1, -0.05) is 115 Å². The summed E-state index contributed by atoms with van der Waals surface area (Å²) in [6.07, 6.45) is 18.0. The minimum atomic E-state index is -0.138. The standard InChI is InChI=1S/C31H46O3/c1-3-5-7-9-11-12-14-16-26-33-29-22-18-27(19-23-29)28-20-24-30(25-21-28)34-31(32)17-15-13-10-8-6-4-2/h18-25H,3-17,26H2,1-2H3. The van der Waals surface area contributed by atoms with E-state index in [0.29, 0.717) is 12.2 Å². The summed E-state index contributed by atoms with van der Waals surface area (Å²) in [5.74, 6) is 1.40. The largest absolute Gasteiger partial charge is 0.494 e. The molecule has 3 nitrogen and oxygen atoms in total. The minimum absolute atomic E-state index is 0.138. The van der Waals surface area contributed by atoms with E-state index < -0.39 is 0 Å². The van der Waals surface area contributed by atoms with Gasteiger partial charge in [0.25, 0.3) is 0 Å². The van der Waals surface area contributed by atoms with Crippen LogP contribution in [-0.2, 0) is 4.79 Å². The molecule has 0 unspecified atom stereocenters. The number of carbonyl (C=O) groups is 1. The van der Waals surface area contributed by atoms with Crippen LogP contribution in [0.4, 0.5) is 0 Å². The maximum Gasteiger partial charge on any atom is 0.311 e. The molecule has 0 amide bonds. The van der Waals surface area contributed by atoms with Gasteiger partial charge in [0.05, 0.1) is 6.61 Å². The molecule has 0 bridgehead atoms. The lowest BCUT2D eigenvalue weighted by atomic mass is 10.1. The fourth-order valence-electron chi connectivity index (χ4n) is 4.12. The van der Waals surface area contributed by atoms with E-state index in [9.17, 15) is 4.79 Å². The fraction of sp³-hybridized carbons (Fsp3) is 0.581. The molecule has 0 saturated heterocycles. The summed E-state index contributed by atoms with van der Waals surface area (Å²) >= 11 is 0. The van der Waals surface area contributed by atoms with Crippen LogP contribution >= 0.6 is 0 Å². The Morgan fingerprint density at radius 1 is 0.559 bits per heavy atom. The Morgan fingerprint density at radius 3 is 1.53 bits per heavy atom. The second-order valence-corrected chi connectivity index (χ2v) is 9.36. The van der Waals surface area contributed by atoms with Crippen molar-refractivity contribution in [2.45, 2.75) is 110 Å². The molecule has 0 aromatic heterocycles.